The van der Waals surface area contributed by atoms with Crippen molar-refractivity contribution in [3.05, 3.63) is 35.5 Å². The number of aromatic amines is 1. The number of benzene rings is 1. The second kappa shape index (κ2) is 4.93. The third-order valence-corrected chi connectivity index (χ3v) is 4.24. The van der Waals surface area contributed by atoms with Gasteiger partial charge in [-0.25, -0.2) is 8.42 Å². The van der Waals surface area contributed by atoms with Gasteiger partial charge >= 0.3 is 0 Å². The minimum atomic E-state index is -3.66. The minimum Gasteiger partial charge on any atom is -0.398 e. The SMILES string of the molecule is CCc1cn[nH]c1NS(=O)(=O)c1ccc(C)c(N)c1. The number of nitrogens with zero attached hydrogens (tertiary/aromatic N) is 1. The van der Waals surface area contributed by atoms with Gasteiger partial charge in [0.2, 0.25) is 0 Å². The van der Waals surface area contributed by atoms with Gasteiger partial charge < -0.3 is 5.73 Å². The maximum atomic E-state index is 12.2. The summed E-state index contributed by atoms with van der Waals surface area (Å²) in [4.78, 5) is 0.132. The number of hydrogen-bond acceptors (Lipinski definition) is 4. The van der Waals surface area contributed by atoms with Crippen molar-refractivity contribution in [2.24, 2.45) is 0 Å². The van der Waals surface area contributed by atoms with Gasteiger partial charge in [0.05, 0.1) is 11.1 Å². The van der Waals surface area contributed by atoms with Crippen molar-refractivity contribution in [2.45, 2.75) is 25.2 Å². The summed E-state index contributed by atoms with van der Waals surface area (Å²) < 4.78 is 26.9. The number of nitrogens with two attached hydrogens (primary N) is 1. The Morgan fingerprint density at radius 3 is 2.79 bits per heavy atom. The molecule has 0 aliphatic rings. The zero-order chi connectivity index (χ0) is 14.0. The van der Waals surface area contributed by atoms with Crippen LogP contribution in [0.5, 0.6) is 0 Å². The molecule has 0 aliphatic carbocycles. The monoisotopic (exact) mass is 280 g/mol. The number of nitrogens with one attached hydrogen (secondary N) is 2. The first-order chi connectivity index (χ1) is 8.94. The van der Waals surface area contributed by atoms with Gasteiger partial charge in [-0.3, -0.25) is 9.82 Å². The molecule has 0 saturated carbocycles. The Labute approximate surface area is 112 Å². The van der Waals surface area contributed by atoms with E-state index >= 15 is 0 Å². The molecule has 2 aromatic rings. The molecule has 4 N–H and O–H groups in total. The Morgan fingerprint density at radius 2 is 2.16 bits per heavy atom. The van der Waals surface area contributed by atoms with Crippen molar-refractivity contribution in [1.82, 2.24) is 10.2 Å². The molecule has 2 rings (SSSR count). The smallest absolute Gasteiger partial charge is 0.263 e. The van der Waals surface area contributed by atoms with Crippen molar-refractivity contribution < 1.29 is 8.42 Å². The highest BCUT2D eigenvalue weighted by Gasteiger charge is 2.17. The van der Waals surface area contributed by atoms with Gasteiger partial charge in [-0.05, 0) is 31.0 Å². The average Bonchev–Trinajstić information content (AvgIpc) is 2.79. The highest BCUT2D eigenvalue weighted by Crippen LogP contribution is 2.21. The number of aryl methyl sites for hydroxylation is 2. The highest BCUT2D eigenvalue weighted by molar-refractivity contribution is 7.92. The summed E-state index contributed by atoms with van der Waals surface area (Å²) in [6, 6.07) is 4.65. The minimum absolute atomic E-state index is 0.132. The Bertz CT molecular complexity index is 692. The van der Waals surface area contributed by atoms with Gasteiger partial charge in [0, 0.05) is 11.3 Å². The molecule has 102 valence electrons. The molecule has 6 nitrogen and oxygen atoms in total. The molecule has 1 heterocycles. The predicted octanol–water partition coefficient (Wildman–Crippen LogP) is 1.66. The normalized spacial score (nSPS) is 11.5. The fourth-order valence-electron chi connectivity index (χ4n) is 1.65. The fourth-order valence-corrected chi connectivity index (χ4v) is 2.74. The van der Waals surface area contributed by atoms with Crippen LogP contribution in [0.15, 0.2) is 29.3 Å². The largest absolute Gasteiger partial charge is 0.398 e. The molecule has 1 aromatic carbocycles. The Kier molecular flexibility index (Phi) is 3.48. The van der Waals surface area contributed by atoms with E-state index in [-0.39, 0.29) is 4.90 Å². The number of aromatic nitrogens is 2. The molecular weight excluding hydrogens is 264 g/mol. The van der Waals surface area contributed by atoms with E-state index in [1.807, 2.05) is 13.8 Å². The molecule has 0 atom stereocenters. The van der Waals surface area contributed by atoms with E-state index in [1.54, 1.807) is 12.3 Å². The van der Waals surface area contributed by atoms with Gasteiger partial charge in [0.15, 0.2) is 0 Å². The van der Waals surface area contributed by atoms with Crippen molar-refractivity contribution >= 4 is 21.5 Å². The van der Waals surface area contributed by atoms with Crippen LogP contribution < -0.4 is 10.5 Å². The predicted molar refractivity (Wildman–Crippen MR) is 74.4 cm³/mol. The summed E-state index contributed by atoms with van der Waals surface area (Å²) in [5.41, 5.74) is 7.83. The molecule has 0 aliphatic heterocycles. The number of rotatable bonds is 4. The van der Waals surface area contributed by atoms with Gasteiger partial charge in [0.25, 0.3) is 10.0 Å². The topological polar surface area (TPSA) is 101 Å². The van der Waals surface area contributed by atoms with Crippen molar-refractivity contribution in [1.29, 1.82) is 0 Å². The Hall–Kier alpha value is -2.02. The number of H-pyrrole nitrogens is 1. The van der Waals surface area contributed by atoms with E-state index in [0.717, 1.165) is 11.1 Å². The lowest BCUT2D eigenvalue weighted by Gasteiger charge is -2.09. The van der Waals surface area contributed by atoms with Crippen LogP contribution in [0.25, 0.3) is 0 Å². The molecule has 1 aromatic heterocycles. The summed E-state index contributed by atoms with van der Waals surface area (Å²) in [5.74, 6) is 0.390. The van der Waals surface area contributed by atoms with Crippen LogP contribution in [0.3, 0.4) is 0 Å². The summed E-state index contributed by atoms with van der Waals surface area (Å²) in [6.07, 6.45) is 2.28. The Balaban J connectivity index is 2.35. The molecule has 0 saturated heterocycles. The molecule has 0 amide bonds. The molecule has 0 radical (unpaired) electrons. The maximum Gasteiger partial charge on any atom is 0.263 e. The van der Waals surface area contributed by atoms with E-state index in [4.69, 9.17) is 5.73 Å². The lowest BCUT2D eigenvalue weighted by atomic mass is 10.2. The first-order valence-corrected chi connectivity index (χ1v) is 7.33. The van der Waals surface area contributed by atoms with Crippen molar-refractivity contribution in [3.63, 3.8) is 0 Å². The van der Waals surface area contributed by atoms with Crippen molar-refractivity contribution in [3.8, 4) is 0 Å². The number of anilines is 2. The van der Waals surface area contributed by atoms with E-state index in [1.165, 1.54) is 12.1 Å². The summed E-state index contributed by atoms with van der Waals surface area (Å²) in [6.45, 7) is 3.75. The average molecular weight is 280 g/mol. The lowest BCUT2D eigenvalue weighted by molar-refractivity contribution is 0.601. The van der Waals surface area contributed by atoms with E-state index in [0.29, 0.717) is 17.9 Å². The number of nitrogen functional groups attached to an aromatic ring is 1. The zero-order valence-corrected chi connectivity index (χ0v) is 11.6. The maximum absolute atomic E-state index is 12.2. The van der Waals surface area contributed by atoms with Crippen LogP contribution in [0, 0.1) is 6.92 Å². The van der Waals surface area contributed by atoms with Crippen molar-refractivity contribution in [2.75, 3.05) is 10.5 Å². The number of sulfonamides is 1. The molecule has 0 bridgehead atoms. The lowest BCUT2D eigenvalue weighted by Crippen LogP contribution is -2.14. The zero-order valence-electron chi connectivity index (χ0n) is 10.8. The first kappa shape index (κ1) is 13.4. The van der Waals surface area contributed by atoms with Gasteiger partial charge in [-0.15, -0.1) is 0 Å². The first-order valence-electron chi connectivity index (χ1n) is 5.85. The van der Waals surface area contributed by atoms with Crippen LogP contribution in [-0.4, -0.2) is 18.6 Å². The summed E-state index contributed by atoms with van der Waals surface area (Å²) in [7, 11) is -3.66. The van der Waals surface area contributed by atoms with Crippen LogP contribution in [-0.2, 0) is 16.4 Å². The Morgan fingerprint density at radius 1 is 1.42 bits per heavy atom. The molecule has 7 heteroatoms. The van der Waals surface area contributed by atoms with E-state index < -0.39 is 10.0 Å². The fraction of sp³-hybridized carbons (Fsp3) is 0.250. The van der Waals surface area contributed by atoms with Gasteiger partial charge in [-0.2, -0.15) is 5.10 Å². The quantitative estimate of drug-likeness (QED) is 0.741. The third-order valence-electron chi connectivity index (χ3n) is 2.90. The standard InChI is InChI=1S/C12H16N4O2S/c1-3-9-7-14-15-12(9)16-19(17,18)10-5-4-8(2)11(13)6-10/h4-7H,3,13H2,1-2H3,(H2,14,15,16). The molecular formula is C12H16N4O2S. The van der Waals surface area contributed by atoms with E-state index in [9.17, 15) is 8.42 Å². The van der Waals surface area contributed by atoms with Gasteiger partial charge in [-0.1, -0.05) is 13.0 Å². The van der Waals surface area contributed by atoms with Gasteiger partial charge in [0.1, 0.15) is 5.82 Å². The third kappa shape index (κ3) is 2.70. The second-order valence-corrected chi connectivity index (χ2v) is 5.93. The van der Waals surface area contributed by atoms with Crippen LogP contribution in [0.2, 0.25) is 0 Å². The molecule has 19 heavy (non-hydrogen) atoms. The molecule has 0 unspecified atom stereocenters. The summed E-state index contributed by atoms with van der Waals surface area (Å²) >= 11 is 0. The molecule has 0 fully saturated rings. The highest BCUT2D eigenvalue weighted by atomic mass is 32.2. The van der Waals surface area contributed by atoms with Crippen LogP contribution in [0.1, 0.15) is 18.1 Å². The van der Waals surface area contributed by atoms with Crippen LogP contribution >= 0.6 is 0 Å². The van der Waals surface area contributed by atoms with Crippen LogP contribution in [0.4, 0.5) is 11.5 Å². The molecule has 0 spiro atoms. The van der Waals surface area contributed by atoms with E-state index in [2.05, 4.69) is 14.9 Å². The number of hydrogen-bond donors (Lipinski definition) is 3. The second-order valence-electron chi connectivity index (χ2n) is 4.25. The summed E-state index contributed by atoms with van der Waals surface area (Å²) in [5, 5.41) is 6.46.